The lowest BCUT2D eigenvalue weighted by atomic mass is 10.0. The highest BCUT2D eigenvalue weighted by molar-refractivity contribution is 7.89. The summed E-state index contributed by atoms with van der Waals surface area (Å²) in [5.41, 5.74) is -1.54. The quantitative estimate of drug-likeness (QED) is 0.666. The second-order valence-electron chi connectivity index (χ2n) is 6.68. The predicted molar refractivity (Wildman–Crippen MR) is 103 cm³/mol. The number of pyridine rings is 1. The third-order valence-electron chi connectivity index (χ3n) is 4.64. The molecule has 1 aliphatic heterocycles. The van der Waals surface area contributed by atoms with Crippen molar-refractivity contribution in [2.45, 2.75) is 23.7 Å². The number of sulfonamides is 1. The molecule has 0 unspecified atom stereocenters. The number of nitrogens with zero attached hydrogens (tertiary/aromatic N) is 3. The number of hydrogen-bond acceptors (Lipinski definition) is 7. The molecule has 2 N–H and O–H groups in total. The maximum atomic E-state index is 13.8. The topological polar surface area (TPSA) is 124 Å². The van der Waals surface area contributed by atoms with Crippen LogP contribution in [0.25, 0.3) is 0 Å². The summed E-state index contributed by atoms with van der Waals surface area (Å²) in [4.78, 5) is 3.93. The third-order valence-corrected chi connectivity index (χ3v) is 6.37. The Bertz CT molecular complexity index is 1150. The number of rotatable bonds is 5. The number of nitriles is 1. The normalized spacial score (nSPS) is 21.5. The first kappa shape index (κ1) is 21.7. The zero-order valence-electron chi connectivity index (χ0n) is 15.9. The predicted octanol–water partition coefficient (Wildman–Crippen LogP) is 0.639. The highest BCUT2D eigenvalue weighted by atomic mass is 32.2. The van der Waals surface area contributed by atoms with Gasteiger partial charge in [-0.2, -0.15) is 9.57 Å². The van der Waals surface area contributed by atoms with Crippen LogP contribution in [0.2, 0.25) is 0 Å². The van der Waals surface area contributed by atoms with Crippen LogP contribution in [0.4, 0.5) is 4.39 Å². The summed E-state index contributed by atoms with van der Waals surface area (Å²) in [5, 5.41) is 28.9. The SMILES string of the molecule is CC#Cc1ccc(S(=O)(=O)N2C[C@H](Oc3ccc(C#N)c(F)c3)[C@](O)(CO)C2)nc1. The van der Waals surface area contributed by atoms with E-state index in [1.807, 2.05) is 0 Å². The van der Waals surface area contributed by atoms with E-state index in [1.54, 1.807) is 13.0 Å². The molecule has 3 rings (SSSR count). The fraction of sp³-hybridized carbons (Fsp3) is 0.300. The second-order valence-corrected chi connectivity index (χ2v) is 8.56. The highest BCUT2D eigenvalue weighted by Gasteiger charge is 2.51. The molecule has 0 radical (unpaired) electrons. The van der Waals surface area contributed by atoms with Gasteiger partial charge in [0.15, 0.2) is 5.03 Å². The number of aliphatic hydroxyl groups is 2. The first-order chi connectivity index (χ1) is 14.2. The molecule has 1 aromatic carbocycles. The van der Waals surface area contributed by atoms with E-state index < -0.39 is 40.7 Å². The van der Waals surface area contributed by atoms with Gasteiger partial charge < -0.3 is 14.9 Å². The highest BCUT2D eigenvalue weighted by Crippen LogP contribution is 2.30. The van der Waals surface area contributed by atoms with Crippen molar-refractivity contribution in [2.75, 3.05) is 19.7 Å². The van der Waals surface area contributed by atoms with Crippen LogP contribution in [0.3, 0.4) is 0 Å². The van der Waals surface area contributed by atoms with E-state index in [-0.39, 0.29) is 22.9 Å². The molecule has 10 heteroatoms. The van der Waals surface area contributed by atoms with Gasteiger partial charge in [0, 0.05) is 24.4 Å². The van der Waals surface area contributed by atoms with Gasteiger partial charge in [-0.05, 0) is 31.2 Å². The van der Waals surface area contributed by atoms with Crippen LogP contribution in [0.1, 0.15) is 18.1 Å². The number of benzene rings is 1. The van der Waals surface area contributed by atoms with E-state index in [0.717, 1.165) is 10.4 Å². The Morgan fingerprint density at radius 2 is 2.17 bits per heavy atom. The Labute approximate surface area is 173 Å². The van der Waals surface area contributed by atoms with Crippen molar-refractivity contribution >= 4 is 10.0 Å². The molecule has 0 aliphatic carbocycles. The largest absolute Gasteiger partial charge is 0.486 e. The number of hydrogen-bond donors (Lipinski definition) is 2. The summed E-state index contributed by atoms with van der Waals surface area (Å²) in [6.45, 7) is 0.137. The van der Waals surface area contributed by atoms with Crippen molar-refractivity contribution in [1.29, 1.82) is 5.26 Å². The molecule has 0 bridgehead atoms. The lowest BCUT2D eigenvalue weighted by Gasteiger charge is -2.27. The zero-order valence-corrected chi connectivity index (χ0v) is 16.7. The Balaban J connectivity index is 1.85. The molecule has 1 aromatic heterocycles. The third kappa shape index (κ3) is 4.13. The van der Waals surface area contributed by atoms with Gasteiger partial charge in [-0.3, -0.25) is 0 Å². The van der Waals surface area contributed by atoms with E-state index in [1.165, 1.54) is 30.5 Å². The van der Waals surface area contributed by atoms with Crippen LogP contribution in [-0.4, -0.2) is 59.3 Å². The molecule has 1 fully saturated rings. The van der Waals surface area contributed by atoms with Gasteiger partial charge in [-0.1, -0.05) is 5.92 Å². The molecule has 0 spiro atoms. The van der Waals surface area contributed by atoms with Crippen molar-refractivity contribution in [3.8, 4) is 23.7 Å². The van der Waals surface area contributed by atoms with Crippen molar-refractivity contribution in [2.24, 2.45) is 0 Å². The summed E-state index contributed by atoms with van der Waals surface area (Å²) in [6.07, 6.45) is 0.153. The van der Waals surface area contributed by atoms with Gasteiger partial charge in [0.1, 0.15) is 29.3 Å². The van der Waals surface area contributed by atoms with E-state index in [4.69, 9.17) is 10.00 Å². The van der Waals surface area contributed by atoms with Gasteiger partial charge in [-0.25, -0.2) is 17.8 Å². The minimum absolute atomic E-state index is 0.0109. The van der Waals surface area contributed by atoms with Gasteiger partial charge in [0.05, 0.1) is 18.7 Å². The molecular formula is C20H18FN3O5S. The van der Waals surface area contributed by atoms with Crippen LogP contribution >= 0.6 is 0 Å². The molecule has 2 heterocycles. The molecule has 30 heavy (non-hydrogen) atoms. The van der Waals surface area contributed by atoms with Crippen LogP contribution < -0.4 is 4.74 Å². The minimum atomic E-state index is -4.09. The number of aromatic nitrogens is 1. The summed E-state index contributed by atoms with van der Waals surface area (Å²) < 4.78 is 46.2. The molecule has 1 aliphatic rings. The smallest absolute Gasteiger partial charge is 0.260 e. The standard InChI is InChI=1S/C20H18FN3O5S/c1-2-3-14-4-7-19(23-10-14)30(27,28)24-11-18(20(26,12-24)13-25)29-16-6-5-15(9-22)17(21)8-16/h4-8,10,18,25-26H,11-13H2,1H3/t18-,20+/m0/s1. The molecule has 156 valence electrons. The van der Waals surface area contributed by atoms with Crippen LogP contribution in [0, 0.1) is 29.0 Å². The summed E-state index contributed by atoms with van der Waals surface area (Å²) >= 11 is 0. The van der Waals surface area contributed by atoms with Crippen molar-refractivity contribution in [1.82, 2.24) is 9.29 Å². The van der Waals surface area contributed by atoms with Gasteiger partial charge in [-0.15, -0.1) is 5.92 Å². The van der Waals surface area contributed by atoms with E-state index in [0.29, 0.717) is 5.56 Å². The minimum Gasteiger partial charge on any atom is -0.486 e. The Hall–Kier alpha value is -3.02. The van der Waals surface area contributed by atoms with E-state index >= 15 is 0 Å². The maximum absolute atomic E-state index is 13.8. The number of halogens is 1. The first-order valence-corrected chi connectivity index (χ1v) is 10.3. The Morgan fingerprint density at radius 3 is 2.73 bits per heavy atom. The average molecular weight is 431 g/mol. The van der Waals surface area contributed by atoms with Crippen molar-refractivity contribution < 1.29 is 27.8 Å². The summed E-state index contributed by atoms with van der Waals surface area (Å²) in [6, 6.07) is 7.98. The van der Waals surface area contributed by atoms with Gasteiger partial charge >= 0.3 is 0 Å². The fourth-order valence-electron chi connectivity index (χ4n) is 3.02. The molecule has 0 saturated carbocycles. The Morgan fingerprint density at radius 1 is 1.40 bits per heavy atom. The molecule has 1 saturated heterocycles. The number of ether oxygens (including phenoxy) is 1. The van der Waals surface area contributed by atoms with Gasteiger partial charge in [0.25, 0.3) is 10.0 Å². The summed E-state index contributed by atoms with van der Waals surface area (Å²) in [5.74, 6) is 4.62. The van der Waals surface area contributed by atoms with Crippen molar-refractivity contribution in [3.05, 3.63) is 53.5 Å². The Kier molecular flexibility index (Phi) is 6.06. The summed E-state index contributed by atoms with van der Waals surface area (Å²) in [7, 11) is -4.09. The van der Waals surface area contributed by atoms with E-state index in [2.05, 4.69) is 16.8 Å². The first-order valence-electron chi connectivity index (χ1n) is 8.82. The van der Waals surface area contributed by atoms with Crippen molar-refractivity contribution in [3.63, 3.8) is 0 Å². The van der Waals surface area contributed by atoms with E-state index in [9.17, 15) is 23.0 Å². The average Bonchev–Trinajstić information content (AvgIpc) is 3.06. The monoisotopic (exact) mass is 431 g/mol. The second kappa shape index (κ2) is 8.38. The molecule has 2 aromatic rings. The van der Waals surface area contributed by atoms with Crippen LogP contribution in [0.5, 0.6) is 5.75 Å². The van der Waals surface area contributed by atoms with Crippen LogP contribution in [-0.2, 0) is 10.0 Å². The molecule has 0 amide bonds. The number of aliphatic hydroxyl groups excluding tert-OH is 1. The number of β-amino-alcohol motifs (C(OH)–C–C–N with tert-alkyl or cyclic N) is 1. The van der Waals surface area contributed by atoms with Gasteiger partial charge in [0.2, 0.25) is 0 Å². The zero-order chi connectivity index (χ0) is 21.9. The lowest BCUT2D eigenvalue weighted by molar-refractivity contribution is -0.0641. The molecule has 8 nitrogen and oxygen atoms in total. The maximum Gasteiger partial charge on any atom is 0.260 e. The molecular weight excluding hydrogens is 413 g/mol. The van der Waals surface area contributed by atoms with Crippen LogP contribution in [0.15, 0.2) is 41.6 Å². The molecule has 2 atom stereocenters. The fourth-order valence-corrected chi connectivity index (χ4v) is 4.43. The lowest BCUT2D eigenvalue weighted by Crippen LogP contribution is -2.48.